The predicted octanol–water partition coefficient (Wildman–Crippen LogP) is 5.32. The van der Waals surface area contributed by atoms with Crippen LogP contribution in [0.25, 0.3) is 0 Å². The van der Waals surface area contributed by atoms with Gasteiger partial charge in [0, 0.05) is 24.7 Å². The number of amides is 2. The highest BCUT2D eigenvalue weighted by atomic mass is 19.4. The van der Waals surface area contributed by atoms with E-state index in [-0.39, 0.29) is 43.7 Å². The number of likely N-dealkylation sites (tertiary alicyclic amines) is 1. The number of nitrogens with one attached hydrogen (secondary N) is 1. The van der Waals surface area contributed by atoms with Gasteiger partial charge >= 0.3 is 24.3 Å². The molecule has 2 atom stereocenters. The monoisotopic (exact) mass is 734 g/mol. The van der Waals surface area contributed by atoms with Gasteiger partial charge in [-0.2, -0.15) is 0 Å². The Morgan fingerprint density at radius 1 is 1.04 bits per heavy atom. The second-order valence-electron chi connectivity index (χ2n) is 12.6. The number of ketones is 1. The highest BCUT2D eigenvalue weighted by molar-refractivity contribution is 6.38. The first kappa shape index (κ1) is 41.0. The van der Waals surface area contributed by atoms with E-state index in [0.29, 0.717) is 24.0 Å². The van der Waals surface area contributed by atoms with Crippen molar-refractivity contribution in [2.24, 2.45) is 5.41 Å². The predicted molar refractivity (Wildman–Crippen MR) is 178 cm³/mol. The first-order valence-corrected chi connectivity index (χ1v) is 16.3. The molecule has 1 aliphatic rings. The van der Waals surface area contributed by atoms with Crippen LogP contribution in [0.2, 0.25) is 0 Å². The van der Waals surface area contributed by atoms with E-state index < -0.39 is 78.2 Å². The second kappa shape index (κ2) is 18.2. The third-order valence-electron chi connectivity index (χ3n) is 8.10. The van der Waals surface area contributed by atoms with Gasteiger partial charge in [0.15, 0.2) is 11.5 Å². The number of Topliss-reactive ketones (excluding diaryl/α,β-unsaturated/α-hetero) is 1. The number of aryl methyl sites for hydroxylation is 1. The van der Waals surface area contributed by atoms with Gasteiger partial charge in [0.1, 0.15) is 18.8 Å². The number of carboxylic acid groups (broad SMARTS) is 1. The summed E-state index contributed by atoms with van der Waals surface area (Å²) >= 11 is 0. The Hall–Kier alpha value is -5.41. The average Bonchev–Trinajstić information content (AvgIpc) is 3.10. The Bertz CT molecular complexity index is 1660. The van der Waals surface area contributed by atoms with Crippen molar-refractivity contribution in [2.75, 3.05) is 25.6 Å². The Kier molecular flexibility index (Phi) is 14.3. The molecule has 282 valence electrons. The maximum absolute atomic E-state index is 13.8. The number of anilines is 1. The number of piperidine rings is 1. The van der Waals surface area contributed by atoms with Crippen molar-refractivity contribution >= 4 is 41.2 Å². The van der Waals surface area contributed by atoms with E-state index in [1.165, 1.54) is 45.2 Å². The molecule has 3 rings (SSSR count). The van der Waals surface area contributed by atoms with Crippen LogP contribution in [0, 0.1) is 5.41 Å². The fourth-order valence-electron chi connectivity index (χ4n) is 5.37. The lowest BCUT2D eigenvalue weighted by atomic mass is 9.87. The van der Waals surface area contributed by atoms with Crippen molar-refractivity contribution in [1.29, 1.82) is 0 Å². The summed E-state index contributed by atoms with van der Waals surface area (Å²) in [4.78, 5) is 76.6. The SMILES string of the molecule is C=CC(=O)OCC(C)(C)C(=O)C(=O)N1CCCC[C@H]1C(=O)O[C@H](CCc1ccc(OC)c(OC(F)(F)F)c1)c1cccc(NC(=O)CCC(=O)O)c1. The van der Waals surface area contributed by atoms with E-state index in [2.05, 4.69) is 16.6 Å². The first-order valence-electron chi connectivity index (χ1n) is 16.3. The third-order valence-corrected chi connectivity index (χ3v) is 8.10. The fourth-order valence-corrected chi connectivity index (χ4v) is 5.37. The molecule has 1 saturated heterocycles. The Balaban J connectivity index is 1.90. The Labute approximate surface area is 298 Å². The van der Waals surface area contributed by atoms with Crippen LogP contribution in [0.3, 0.4) is 0 Å². The molecule has 1 heterocycles. The number of carbonyl (C=O) groups excluding carboxylic acids is 5. The second-order valence-corrected chi connectivity index (χ2v) is 12.6. The molecule has 16 heteroatoms. The van der Waals surface area contributed by atoms with Gasteiger partial charge in [-0.25, -0.2) is 9.59 Å². The molecule has 2 N–H and O–H groups in total. The highest BCUT2D eigenvalue weighted by Gasteiger charge is 2.42. The van der Waals surface area contributed by atoms with Crippen LogP contribution in [-0.2, 0) is 44.7 Å². The molecule has 2 aromatic carbocycles. The zero-order valence-electron chi connectivity index (χ0n) is 29.0. The van der Waals surface area contributed by atoms with Gasteiger partial charge in [-0.15, -0.1) is 13.2 Å². The zero-order chi connectivity index (χ0) is 38.6. The maximum Gasteiger partial charge on any atom is 0.573 e. The summed E-state index contributed by atoms with van der Waals surface area (Å²) in [7, 11) is 1.19. The molecule has 13 nitrogen and oxygen atoms in total. The molecule has 2 amide bonds. The number of nitrogens with zero attached hydrogens (tertiary/aromatic N) is 1. The van der Waals surface area contributed by atoms with E-state index in [0.717, 1.165) is 17.0 Å². The van der Waals surface area contributed by atoms with Crippen molar-refractivity contribution in [2.45, 2.75) is 77.3 Å². The largest absolute Gasteiger partial charge is 0.573 e. The summed E-state index contributed by atoms with van der Waals surface area (Å²) < 4.78 is 59.3. The number of carboxylic acids is 1. The summed E-state index contributed by atoms with van der Waals surface area (Å²) in [6.45, 7) is 5.82. The normalized spacial score (nSPS) is 15.1. The molecule has 0 spiro atoms. The molecule has 52 heavy (non-hydrogen) atoms. The summed E-state index contributed by atoms with van der Waals surface area (Å²) in [5.41, 5.74) is -0.413. The lowest BCUT2D eigenvalue weighted by Crippen LogP contribution is -2.53. The van der Waals surface area contributed by atoms with Crippen LogP contribution in [0.5, 0.6) is 11.5 Å². The van der Waals surface area contributed by atoms with Crippen LogP contribution in [-0.4, -0.2) is 78.2 Å². The van der Waals surface area contributed by atoms with Crippen LogP contribution >= 0.6 is 0 Å². The molecule has 1 aliphatic heterocycles. The molecule has 1 fully saturated rings. The number of rotatable bonds is 17. The molecule has 0 radical (unpaired) electrons. The van der Waals surface area contributed by atoms with Crippen LogP contribution in [0.1, 0.15) is 69.6 Å². The Morgan fingerprint density at radius 2 is 1.77 bits per heavy atom. The van der Waals surface area contributed by atoms with Gasteiger partial charge in [-0.1, -0.05) is 24.8 Å². The van der Waals surface area contributed by atoms with E-state index in [1.807, 2.05) is 0 Å². The summed E-state index contributed by atoms with van der Waals surface area (Å²) in [6, 6.07) is 8.99. The number of alkyl halides is 3. The molecule has 2 aromatic rings. The molecule has 0 saturated carbocycles. The number of methoxy groups -OCH3 is 1. The molecule has 0 aromatic heterocycles. The van der Waals surface area contributed by atoms with Gasteiger partial charge < -0.3 is 34.3 Å². The van der Waals surface area contributed by atoms with Crippen molar-refractivity contribution in [3.8, 4) is 11.5 Å². The van der Waals surface area contributed by atoms with Gasteiger partial charge in [-0.05, 0) is 81.3 Å². The van der Waals surface area contributed by atoms with Crippen molar-refractivity contribution in [3.63, 3.8) is 0 Å². The number of carbonyl (C=O) groups is 6. The van der Waals surface area contributed by atoms with Crippen molar-refractivity contribution in [3.05, 3.63) is 66.2 Å². The van der Waals surface area contributed by atoms with E-state index in [4.69, 9.17) is 19.3 Å². The van der Waals surface area contributed by atoms with E-state index >= 15 is 0 Å². The fraction of sp³-hybridized carbons (Fsp3) is 0.444. The molecule has 0 bridgehead atoms. The molecular weight excluding hydrogens is 693 g/mol. The average molecular weight is 735 g/mol. The smallest absolute Gasteiger partial charge is 0.493 e. The van der Waals surface area contributed by atoms with Gasteiger partial charge in [0.2, 0.25) is 11.7 Å². The van der Waals surface area contributed by atoms with Gasteiger partial charge in [-0.3, -0.25) is 19.2 Å². The van der Waals surface area contributed by atoms with Crippen LogP contribution < -0.4 is 14.8 Å². The lowest BCUT2D eigenvalue weighted by Gasteiger charge is -2.36. The number of esters is 2. The van der Waals surface area contributed by atoms with E-state index in [1.54, 1.807) is 12.1 Å². The van der Waals surface area contributed by atoms with Crippen LogP contribution in [0.15, 0.2) is 55.1 Å². The molecule has 0 unspecified atom stereocenters. The van der Waals surface area contributed by atoms with Crippen molar-refractivity contribution < 1.29 is 66.0 Å². The quantitative estimate of drug-likeness (QED) is 0.122. The van der Waals surface area contributed by atoms with Crippen molar-refractivity contribution in [1.82, 2.24) is 4.90 Å². The highest BCUT2D eigenvalue weighted by Crippen LogP contribution is 2.35. The number of ether oxygens (including phenoxy) is 4. The topological polar surface area (TPSA) is 175 Å². The summed E-state index contributed by atoms with van der Waals surface area (Å²) in [5, 5.41) is 11.5. The minimum absolute atomic E-state index is 0.0151. The number of hydrogen-bond donors (Lipinski definition) is 2. The molecule has 0 aliphatic carbocycles. The number of halogens is 3. The number of aliphatic carboxylic acids is 1. The first-order chi connectivity index (χ1) is 24.4. The minimum Gasteiger partial charge on any atom is -0.493 e. The summed E-state index contributed by atoms with van der Waals surface area (Å²) in [5.74, 6) is -5.93. The zero-order valence-corrected chi connectivity index (χ0v) is 29.0. The van der Waals surface area contributed by atoms with Crippen LogP contribution in [0.4, 0.5) is 18.9 Å². The Morgan fingerprint density at radius 3 is 2.42 bits per heavy atom. The van der Waals surface area contributed by atoms with Gasteiger partial charge in [0.05, 0.1) is 18.9 Å². The number of hydrogen-bond acceptors (Lipinski definition) is 10. The number of benzene rings is 2. The maximum atomic E-state index is 13.8. The van der Waals surface area contributed by atoms with E-state index in [9.17, 15) is 41.9 Å². The van der Waals surface area contributed by atoms with Gasteiger partial charge in [0.25, 0.3) is 5.91 Å². The molecular formula is C36H41F3N2O11. The lowest BCUT2D eigenvalue weighted by molar-refractivity contribution is -0.275. The standard InChI is InChI=1S/C36H41F3N2O11/c1-5-31(45)50-21-35(2,3)32(46)33(47)41-18-7-6-11-25(41)34(48)51-26(23-9-8-10-24(20-23)40-29(42)16-17-30(43)44)14-12-22-13-15-27(49-4)28(19-22)52-36(37,38)39/h5,8-10,13,15,19-20,25-26H,1,6-7,11-12,14,16-18,21H2,2-4H3,(H,40,42)(H,43,44)/t25-,26+/m0/s1. The summed E-state index contributed by atoms with van der Waals surface area (Å²) in [6.07, 6.45) is -4.54. The minimum atomic E-state index is -4.99. The third kappa shape index (κ3) is 12.1.